The van der Waals surface area contributed by atoms with Gasteiger partial charge in [-0.1, -0.05) is 0 Å². The third kappa shape index (κ3) is 2.80. The summed E-state index contributed by atoms with van der Waals surface area (Å²) < 4.78 is 18.6. The highest BCUT2D eigenvalue weighted by atomic mass is 19.1. The van der Waals surface area contributed by atoms with E-state index in [0.29, 0.717) is 18.7 Å². The minimum atomic E-state index is -0.509. The van der Waals surface area contributed by atoms with Gasteiger partial charge in [0.15, 0.2) is 0 Å². The van der Waals surface area contributed by atoms with Crippen molar-refractivity contribution in [3.63, 3.8) is 0 Å². The molecule has 110 valence electrons. The average molecular weight is 290 g/mol. The summed E-state index contributed by atoms with van der Waals surface area (Å²) in [6, 6.07) is 3.86. The summed E-state index contributed by atoms with van der Waals surface area (Å²) in [5.74, 6) is -0.983. The van der Waals surface area contributed by atoms with Gasteiger partial charge in [-0.3, -0.25) is 9.59 Å². The molecule has 1 amide bonds. The first-order valence-electron chi connectivity index (χ1n) is 6.86. The van der Waals surface area contributed by atoms with Crippen molar-refractivity contribution in [2.24, 2.45) is 0 Å². The second-order valence-electron chi connectivity index (χ2n) is 5.07. The molecule has 1 aromatic carbocycles. The Balaban J connectivity index is 1.84. The molecule has 0 radical (unpaired) electrons. The van der Waals surface area contributed by atoms with Crippen LogP contribution in [0.1, 0.15) is 23.2 Å². The van der Waals surface area contributed by atoms with Gasteiger partial charge in [-0.2, -0.15) is 0 Å². The predicted octanol–water partition coefficient (Wildman–Crippen LogP) is 1.58. The molecule has 1 fully saturated rings. The highest BCUT2D eigenvalue weighted by Crippen LogP contribution is 2.12. The summed E-state index contributed by atoms with van der Waals surface area (Å²) in [6.45, 7) is 1.08. The number of benzene rings is 1. The molecule has 0 bridgehead atoms. The first-order chi connectivity index (χ1) is 10.1. The number of aromatic amines is 1. The number of nitrogens with one attached hydrogen (secondary N) is 2. The molecule has 5 nitrogen and oxygen atoms in total. The molecule has 2 N–H and O–H groups in total. The fourth-order valence-electron chi connectivity index (χ4n) is 2.47. The maximum atomic E-state index is 13.2. The van der Waals surface area contributed by atoms with Gasteiger partial charge in [0.05, 0.1) is 6.10 Å². The summed E-state index contributed by atoms with van der Waals surface area (Å²) in [6.07, 6.45) is 3.24. The van der Waals surface area contributed by atoms with Crippen LogP contribution in [-0.2, 0) is 4.74 Å². The van der Waals surface area contributed by atoms with Crippen molar-refractivity contribution >= 4 is 16.8 Å². The molecule has 2 heterocycles. The summed E-state index contributed by atoms with van der Waals surface area (Å²) in [7, 11) is 0. The number of ether oxygens (including phenoxy) is 1. The van der Waals surface area contributed by atoms with E-state index in [-0.39, 0.29) is 17.1 Å². The lowest BCUT2D eigenvalue weighted by atomic mass is 10.1. The zero-order valence-corrected chi connectivity index (χ0v) is 11.3. The second-order valence-corrected chi connectivity index (χ2v) is 5.07. The van der Waals surface area contributed by atoms with Gasteiger partial charge in [0, 0.05) is 30.3 Å². The fourth-order valence-corrected chi connectivity index (χ4v) is 2.47. The number of H-pyrrole nitrogens is 1. The van der Waals surface area contributed by atoms with E-state index in [1.807, 2.05) is 0 Å². The molecule has 6 heteroatoms. The molecule has 1 saturated heterocycles. The lowest BCUT2D eigenvalue weighted by Crippen LogP contribution is -2.34. The second kappa shape index (κ2) is 5.65. The molecule has 2 aromatic rings. The standard InChI is InChI=1S/C15H15FN2O3/c16-9-3-4-13-11(6-9)14(19)12(8-17-13)15(20)18-7-10-2-1-5-21-10/h3-4,6,8,10H,1-2,5,7H2,(H,17,19)(H,18,20)/t10-/m1/s1. The van der Waals surface area contributed by atoms with Crippen molar-refractivity contribution in [1.29, 1.82) is 0 Å². The lowest BCUT2D eigenvalue weighted by molar-refractivity contribution is 0.0857. The van der Waals surface area contributed by atoms with Crippen molar-refractivity contribution in [2.75, 3.05) is 13.2 Å². The molecule has 1 atom stereocenters. The van der Waals surface area contributed by atoms with Crippen molar-refractivity contribution < 1.29 is 13.9 Å². The van der Waals surface area contributed by atoms with Crippen LogP contribution in [-0.4, -0.2) is 30.1 Å². The van der Waals surface area contributed by atoms with Crippen LogP contribution < -0.4 is 10.7 Å². The summed E-state index contributed by atoms with van der Waals surface area (Å²) >= 11 is 0. The molecular weight excluding hydrogens is 275 g/mol. The molecule has 0 spiro atoms. The van der Waals surface area contributed by atoms with Gasteiger partial charge >= 0.3 is 0 Å². The molecule has 0 unspecified atom stereocenters. The molecule has 1 aliphatic rings. The smallest absolute Gasteiger partial charge is 0.256 e. The Labute approximate surface area is 120 Å². The van der Waals surface area contributed by atoms with Crippen LogP contribution in [0.4, 0.5) is 4.39 Å². The van der Waals surface area contributed by atoms with Gasteiger partial charge in [0.25, 0.3) is 5.91 Å². The monoisotopic (exact) mass is 290 g/mol. The minimum absolute atomic E-state index is 0.00549. The predicted molar refractivity (Wildman–Crippen MR) is 75.8 cm³/mol. The highest BCUT2D eigenvalue weighted by Gasteiger charge is 2.18. The van der Waals surface area contributed by atoms with Crippen molar-refractivity contribution in [2.45, 2.75) is 18.9 Å². The quantitative estimate of drug-likeness (QED) is 0.901. The number of halogens is 1. The van der Waals surface area contributed by atoms with Gasteiger partial charge in [0.2, 0.25) is 5.43 Å². The molecule has 3 rings (SSSR count). The van der Waals surface area contributed by atoms with Crippen LogP contribution in [0.3, 0.4) is 0 Å². The molecule has 1 aromatic heterocycles. The average Bonchev–Trinajstić information content (AvgIpc) is 2.99. The van der Waals surface area contributed by atoms with Crippen molar-refractivity contribution in [1.82, 2.24) is 10.3 Å². The Hall–Kier alpha value is -2.21. The first-order valence-corrected chi connectivity index (χ1v) is 6.86. The topological polar surface area (TPSA) is 71.2 Å². The number of hydrogen-bond donors (Lipinski definition) is 2. The van der Waals surface area contributed by atoms with E-state index in [1.165, 1.54) is 18.3 Å². The van der Waals surface area contributed by atoms with E-state index in [4.69, 9.17) is 4.74 Å². The zero-order valence-electron chi connectivity index (χ0n) is 11.3. The number of fused-ring (bicyclic) bond motifs is 1. The number of rotatable bonds is 3. The van der Waals surface area contributed by atoms with Crippen LogP contribution in [0.5, 0.6) is 0 Å². The normalized spacial score (nSPS) is 18.0. The van der Waals surface area contributed by atoms with Gasteiger partial charge in [0.1, 0.15) is 11.4 Å². The molecule has 0 aliphatic carbocycles. The number of aromatic nitrogens is 1. The van der Waals surface area contributed by atoms with Crippen LogP contribution >= 0.6 is 0 Å². The summed E-state index contributed by atoms with van der Waals surface area (Å²) in [5, 5.41) is 2.85. The summed E-state index contributed by atoms with van der Waals surface area (Å²) in [5.41, 5.74) is -0.00346. The molecular formula is C15H15FN2O3. The Kier molecular flexibility index (Phi) is 3.70. The van der Waals surface area contributed by atoms with Crippen LogP contribution in [0.15, 0.2) is 29.2 Å². The van der Waals surface area contributed by atoms with Crippen LogP contribution in [0.25, 0.3) is 10.9 Å². The zero-order chi connectivity index (χ0) is 14.8. The maximum Gasteiger partial charge on any atom is 0.256 e. The van der Waals surface area contributed by atoms with Crippen LogP contribution in [0, 0.1) is 5.82 Å². The Morgan fingerprint density at radius 1 is 1.48 bits per heavy atom. The van der Waals surface area contributed by atoms with E-state index in [9.17, 15) is 14.0 Å². The van der Waals surface area contributed by atoms with E-state index < -0.39 is 17.2 Å². The van der Waals surface area contributed by atoms with E-state index in [0.717, 1.165) is 18.9 Å². The first kappa shape index (κ1) is 13.8. The van der Waals surface area contributed by atoms with Gasteiger partial charge in [-0.25, -0.2) is 4.39 Å². The molecule has 1 aliphatic heterocycles. The fraction of sp³-hybridized carbons (Fsp3) is 0.333. The van der Waals surface area contributed by atoms with Crippen molar-refractivity contribution in [3.8, 4) is 0 Å². The van der Waals surface area contributed by atoms with E-state index in [2.05, 4.69) is 10.3 Å². The van der Waals surface area contributed by atoms with E-state index >= 15 is 0 Å². The molecule has 0 saturated carbocycles. The SMILES string of the molecule is O=C(NC[C@H]1CCCO1)c1c[nH]c2ccc(F)cc2c1=O. The van der Waals surface area contributed by atoms with E-state index in [1.54, 1.807) is 0 Å². The number of amides is 1. The maximum absolute atomic E-state index is 13.2. The Bertz CT molecular complexity index is 735. The highest BCUT2D eigenvalue weighted by molar-refractivity contribution is 5.97. The number of pyridine rings is 1. The Morgan fingerprint density at radius 3 is 3.10 bits per heavy atom. The third-order valence-corrected chi connectivity index (χ3v) is 3.60. The number of hydrogen-bond acceptors (Lipinski definition) is 3. The van der Waals surface area contributed by atoms with Crippen molar-refractivity contribution in [3.05, 3.63) is 46.0 Å². The van der Waals surface area contributed by atoms with Crippen LogP contribution in [0.2, 0.25) is 0 Å². The largest absolute Gasteiger partial charge is 0.376 e. The number of carbonyl (C=O) groups excluding carboxylic acids is 1. The molecule has 21 heavy (non-hydrogen) atoms. The lowest BCUT2D eigenvalue weighted by Gasteiger charge is -2.10. The number of carbonyl (C=O) groups is 1. The van der Waals surface area contributed by atoms with Gasteiger partial charge in [-0.05, 0) is 31.0 Å². The Morgan fingerprint density at radius 2 is 2.33 bits per heavy atom. The summed E-state index contributed by atoms with van der Waals surface area (Å²) in [4.78, 5) is 27.1. The van der Waals surface area contributed by atoms with Gasteiger partial charge in [-0.15, -0.1) is 0 Å². The van der Waals surface area contributed by atoms with Gasteiger partial charge < -0.3 is 15.0 Å². The minimum Gasteiger partial charge on any atom is -0.376 e. The third-order valence-electron chi connectivity index (χ3n) is 3.60.